The summed E-state index contributed by atoms with van der Waals surface area (Å²) in [7, 11) is 0. The van der Waals surface area contributed by atoms with E-state index in [1.807, 2.05) is 0 Å². The van der Waals surface area contributed by atoms with Gasteiger partial charge in [0.25, 0.3) is 0 Å². The van der Waals surface area contributed by atoms with Crippen molar-refractivity contribution in [1.82, 2.24) is 9.97 Å². The van der Waals surface area contributed by atoms with E-state index in [0.717, 1.165) is 0 Å². The highest BCUT2D eigenvalue weighted by Gasteiger charge is 1.74. The number of hydrogen-bond donors (Lipinski definition) is 0. The standard InChI is InChI=1S/C5H6N2/c1-5-6-3-2-4-7-5/h2-4H,1H3/i2D,3D,4D. The van der Waals surface area contributed by atoms with Crippen LogP contribution in [-0.2, 0) is 0 Å². The molecule has 0 unspecified atom stereocenters. The van der Waals surface area contributed by atoms with E-state index in [4.69, 9.17) is 4.11 Å². The zero-order valence-electron chi connectivity index (χ0n) is 6.89. The molecule has 0 saturated heterocycles. The van der Waals surface area contributed by atoms with Gasteiger partial charge in [-0.2, -0.15) is 0 Å². The molecule has 0 fully saturated rings. The Kier molecular flexibility index (Phi) is 0.459. The van der Waals surface area contributed by atoms with E-state index >= 15 is 0 Å². The first-order chi connectivity index (χ1) is 4.61. The molecule has 0 N–H and O–H groups in total. The van der Waals surface area contributed by atoms with Crippen molar-refractivity contribution in [1.29, 1.82) is 0 Å². The number of rotatable bonds is 0. The maximum absolute atomic E-state index is 7.04. The second kappa shape index (κ2) is 1.69. The van der Waals surface area contributed by atoms with Gasteiger partial charge >= 0.3 is 0 Å². The Bertz CT molecular complexity index is 238. The van der Waals surface area contributed by atoms with Crippen LogP contribution in [0.15, 0.2) is 18.4 Å². The molecule has 0 aromatic carbocycles. The van der Waals surface area contributed by atoms with Gasteiger partial charge in [-0.05, 0) is 13.0 Å². The van der Waals surface area contributed by atoms with Crippen LogP contribution in [0.2, 0.25) is 0 Å². The van der Waals surface area contributed by atoms with Crippen LogP contribution in [-0.4, -0.2) is 9.97 Å². The van der Waals surface area contributed by atoms with Crippen molar-refractivity contribution in [3.63, 3.8) is 0 Å². The monoisotopic (exact) mass is 97.1 g/mol. The third-order valence-electron chi connectivity index (χ3n) is 0.547. The van der Waals surface area contributed by atoms with Crippen LogP contribution < -0.4 is 0 Å². The molecule has 0 spiro atoms. The highest BCUT2D eigenvalue weighted by Crippen LogP contribution is 1.78. The summed E-state index contributed by atoms with van der Waals surface area (Å²) in [4.78, 5) is 7.16. The molecular formula is C5H6N2. The first-order valence-corrected chi connectivity index (χ1v) is 1.89. The highest BCUT2D eigenvalue weighted by atomic mass is 14.8. The zero-order valence-corrected chi connectivity index (χ0v) is 3.89. The lowest BCUT2D eigenvalue weighted by Gasteiger charge is -1.81. The molecule has 7 heavy (non-hydrogen) atoms. The molecule has 0 atom stereocenters. The topological polar surface area (TPSA) is 25.8 Å². The molecule has 0 saturated carbocycles. The van der Waals surface area contributed by atoms with Crippen molar-refractivity contribution in [3.05, 3.63) is 24.2 Å². The Labute approximate surface area is 46.5 Å². The lowest BCUT2D eigenvalue weighted by atomic mass is 10.6. The van der Waals surface area contributed by atoms with Gasteiger partial charge in [0, 0.05) is 12.3 Å². The molecule has 1 aromatic rings. The van der Waals surface area contributed by atoms with Crippen LogP contribution in [0.4, 0.5) is 0 Å². The minimum Gasteiger partial charge on any atom is -0.242 e. The number of hydrogen-bond acceptors (Lipinski definition) is 2. The van der Waals surface area contributed by atoms with Gasteiger partial charge in [0.1, 0.15) is 5.82 Å². The van der Waals surface area contributed by atoms with Crippen LogP contribution in [0.3, 0.4) is 0 Å². The molecular weight excluding hydrogens is 88.1 g/mol. The molecule has 0 bridgehead atoms. The average molecular weight is 97.1 g/mol. The van der Waals surface area contributed by atoms with Crippen molar-refractivity contribution in [2.45, 2.75) is 6.92 Å². The summed E-state index contributed by atoms with van der Waals surface area (Å²) in [6.07, 6.45) is -0.366. The van der Waals surface area contributed by atoms with E-state index in [-0.39, 0.29) is 18.4 Å². The average Bonchev–Trinajstić information content (AvgIpc) is 1.82. The van der Waals surface area contributed by atoms with Gasteiger partial charge in [-0.3, -0.25) is 0 Å². The summed E-state index contributed by atoms with van der Waals surface area (Å²) < 4.78 is 21.1. The van der Waals surface area contributed by atoms with Crippen molar-refractivity contribution < 1.29 is 4.11 Å². The molecule has 2 heteroatoms. The van der Waals surface area contributed by atoms with Crippen LogP contribution in [0.5, 0.6) is 0 Å². The SMILES string of the molecule is [2H]c1nc(C)nc([2H])c1[2H]. The highest BCUT2D eigenvalue weighted by molar-refractivity contribution is 4.83. The molecule has 0 radical (unpaired) electrons. The summed E-state index contributed by atoms with van der Waals surface area (Å²) in [6.45, 7) is 1.59. The summed E-state index contributed by atoms with van der Waals surface area (Å²) in [5, 5.41) is 0. The van der Waals surface area contributed by atoms with Crippen molar-refractivity contribution in [2.24, 2.45) is 0 Å². The summed E-state index contributed by atoms with van der Waals surface area (Å²) in [6, 6.07) is -0.217. The van der Waals surface area contributed by atoms with Gasteiger partial charge in [0.15, 0.2) is 0 Å². The number of aryl methyl sites for hydroxylation is 1. The minimum absolute atomic E-state index is 0.183. The van der Waals surface area contributed by atoms with Crippen molar-refractivity contribution in [3.8, 4) is 0 Å². The zero-order chi connectivity index (χ0) is 7.72. The van der Waals surface area contributed by atoms with Gasteiger partial charge < -0.3 is 0 Å². The number of aromatic nitrogens is 2. The van der Waals surface area contributed by atoms with Crippen LogP contribution in [0, 0.1) is 6.92 Å². The summed E-state index contributed by atoms with van der Waals surface area (Å²) in [5.74, 6) is 0.367. The molecule has 1 heterocycles. The van der Waals surface area contributed by atoms with E-state index < -0.39 is 0 Å². The Morgan fingerprint density at radius 1 is 1.57 bits per heavy atom. The fraction of sp³-hybridized carbons (Fsp3) is 0.200. The summed E-state index contributed by atoms with van der Waals surface area (Å²) >= 11 is 0. The van der Waals surface area contributed by atoms with Gasteiger partial charge in [0.05, 0.1) is 4.11 Å². The first-order valence-electron chi connectivity index (χ1n) is 3.39. The summed E-state index contributed by atoms with van der Waals surface area (Å²) in [5.41, 5.74) is 0. The second-order valence-corrected chi connectivity index (χ2v) is 1.12. The van der Waals surface area contributed by atoms with Gasteiger partial charge in [0.2, 0.25) is 0 Å². The fourth-order valence-electron chi connectivity index (χ4n) is 0.268. The van der Waals surface area contributed by atoms with Gasteiger partial charge in [-0.15, -0.1) is 0 Å². The van der Waals surface area contributed by atoms with Crippen molar-refractivity contribution in [2.75, 3.05) is 0 Å². The van der Waals surface area contributed by atoms with E-state index in [9.17, 15) is 0 Å². The lowest BCUT2D eigenvalue weighted by molar-refractivity contribution is 1.05. The van der Waals surface area contributed by atoms with E-state index in [1.54, 1.807) is 6.92 Å². The largest absolute Gasteiger partial charge is 0.242 e. The molecule has 1 aromatic heterocycles. The molecule has 36 valence electrons. The van der Waals surface area contributed by atoms with Gasteiger partial charge in [-0.25, -0.2) is 9.97 Å². The van der Waals surface area contributed by atoms with Gasteiger partial charge in [-0.1, -0.05) is 0 Å². The molecule has 0 aliphatic rings. The van der Waals surface area contributed by atoms with Crippen LogP contribution in [0.1, 0.15) is 9.94 Å². The minimum atomic E-state index is -0.217. The normalized spacial score (nSPS) is 14.7. The molecule has 2 nitrogen and oxygen atoms in total. The Morgan fingerprint density at radius 2 is 2.14 bits per heavy atom. The smallest absolute Gasteiger partial charge is 0.125 e. The predicted octanol–water partition coefficient (Wildman–Crippen LogP) is 0.785. The molecule has 1 rings (SSSR count). The first kappa shape index (κ1) is 1.90. The predicted molar refractivity (Wildman–Crippen MR) is 26.8 cm³/mol. The molecule has 0 aliphatic heterocycles. The Morgan fingerprint density at radius 3 is 2.71 bits per heavy atom. The van der Waals surface area contributed by atoms with Crippen molar-refractivity contribution >= 4 is 0 Å². The molecule has 0 amide bonds. The Balaban J connectivity index is 3.31. The van der Waals surface area contributed by atoms with Crippen LogP contribution >= 0.6 is 0 Å². The lowest BCUT2D eigenvalue weighted by Crippen LogP contribution is -1.80. The quantitative estimate of drug-likeness (QED) is 0.478. The van der Waals surface area contributed by atoms with Crippen LogP contribution in [0.25, 0.3) is 0 Å². The maximum atomic E-state index is 7.04. The Hall–Kier alpha value is -0.920. The second-order valence-electron chi connectivity index (χ2n) is 1.12. The van der Waals surface area contributed by atoms with E-state index in [1.165, 1.54) is 0 Å². The number of nitrogens with zero attached hydrogens (tertiary/aromatic N) is 2. The maximum Gasteiger partial charge on any atom is 0.125 e. The fourth-order valence-corrected chi connectivity index (χ4v) is 0.268. The van der Waals surface area contributed by atoms with E-state index in [2.05, 4.69) is 9.97 Å². The van der Waals surface area contributed by atoms with E-state index in [0.29, 0.717) is 5.82 Å². The molecule has 0 aliphatic carbocycles. The third kappa shape index (κ3) is 0.961. The third-order valence-corrected chi connectivity index (χ3v) is 0.547.